The molecule has 4 nitrogen and oxygen atoms in total. The summed E-state index contributed by atoms with van der Waals surface area (Å²) in [6.07, 6.45) is 5.25. The predicted octanol–water partition coefficient (Wildman–Crippen LogP) is 2.50. The van der Waals surface area contributed by atoms with Crippen molar-refractivity contribution in [2.75, 3.05) is 5.32 Å². The molecule has 1 aliphatic heterocycles. The van der Waals surface area contributed by atoms with Gasteiger partial charge in [0.15, 0.2) is 0 Å². The van der Waals surface area contributed by atoms with Crippen LogP contribution in [0.1, 0.15) is 5.56 Å². The average molecular weight is 243 g/mol. The van der Waals surface area contributed by atoms with E-state index >= 15 is 0 Å². The average Bonchev–Trinajstić information content (AvgIpc) is 2.83. The molecule has 17 heavy (non-hydrogen) atoms. The standard InChI is InChI=1S/C12H9N3OS/c16-12-11(5-8-6-13-14-7-8)17-10-4-2-1-3-9(10)15-12/h1-7H,(H,13,14)(H,15,16)/b11-5+. The fraction of sp³-hybridized carbons (Fsp3) is 0. The fourth-order valence-corrected chi connectivity index (χ4v) is 2.55. The Morgan fingerprint density at radius 2 is 2.18 bits per heavy atom. The van der Waals surface area contributed by atoms with E-state index < -0.39 is 0 Å². The van der Waals surface area contributed by atoms with E-state index in [-0.39, 0.29) is 5.91 Å². The summed E-state index contributed by atoms with van der Waals surface area (Å²) in [6, 6.07) is 7.75. The van der Waals surface area contributed by atoms with Crippen LogP contribution in [0.4, 0.5) is 5.69 Å². The second-order valence-corrected chi connectivity index (χ2v) is 4.68. The Kier molecular flexibility index (Phi) is 2.45. The van der Waals surface area contributed by atoms with Crippen molar-refractivity contribution in [2.24, 2.45) is 0 Å². The molecule has 1 aromatic carbocycles. The van der Waals surface area contributed by atoms with E-state index in [2.05, 4.69) is 15.5 Å². The van der Waals surface area contributed by atoms with E-state index in [1.54, 1.807) is 12.4 Å². The Labute approximate surface area is 102 Å². The van der Waals surface area contributed by atoms with E-state index in [1.165, 1.54) is 11.8 Å². The molecule has 3 rings (SSSR count). The lowest BCUT2D eigenvalue weighted by Crippen LogP contribution is -2.16. The quantitative estimate of drug-likeness (QED) is 0.756. The maximum atomic E-state index is 11.9. The van der Waals surface area contributed by atoms with Crippen molar-refractivity contribution in [1.82, 2.24) is 10.2 Å². The molecule has 0 atom stereocenters. The number of thioether (sulfide) groups is 1. The molecule has 1 aromatic heterocycles. The van der Waals surface area contributed by atoms with Gasteiger partial charge in [0.25, 0.3) is 5.91 Å². The van der Waals surface area contributed by atoms with Crippen LogP contribution in [0.2, 0.25) is 0 Å². The van der Waals surface area contributed by atoms with Gasteiger partial charge in [0, 0.05) is 16.7 Å². The molecule has 0 spiro atoms. The van der Waals surface area contributed by atoms with Gasteiger partial charge in [0.2, 0.25) is 0 Å². The number of anilines is 1. The maximum absolute atomic E-state index is 11.9. The van der Waals surface area contributed by atoms with E-state index in [9.17, 15) is 4.79 Å². The Morgan fingerprint density at radius 3 is 3.00 bits per heavy atom. The van der Waals surface area contributed by atoms with Crippen LogP contribution in [0.25, 0.3) is 6.08 Å². The smallest absolute Gasteiger partial charge is 0.262 e. The third-order valence-corrected chi connectivity index (χ3v) is 3.50. The van der Waals surface area contributed by atoms with E-state index in [4.69, 9.17) is 0 Å². The van der Waals surface area contributed by atoms with Gasteiger partial charge in [-0.2, -0.15) is 5.10 Å². The Balaban J connectivity index is 1.97. The van der Waals surface area contributed by atoms with Crippen molar-refractivity contribution in [3.8, 4) is 0 Å². The maximum Gasteiger partial charge on any atom is 0.262 e. The molecular weight excluding hydrogens is 234 g/mol. The van der Waals surface area contributed by atoms with Crippen LogP contribution >= 0.6 is 11.8 Å². The molecule has 0 saturated carbocycles. The predicted molar refractivity (Wildman–Crippen MR) is 67.5 cm³/mol. The number of aromatic amines is 1. The molecule has 84 valence electrons. The summed E-state index contributed by atoms with van der Waals surface area (Å²) in [5.41, 5.74) is 1.76. The summed E-state index contributed by atoms with van der Waals surface area (Å²) >= 11 is 1.47. The van der Waals surface area contributed by atoms with Crippen LogP contribution in [0.5, 0.6) is 0 Å². The summed E-state index contributed by atoms with van der Waals surface area (Å²) in [5, 5.41) is 9.43. The number of rotatable bonds is 1. The summed E-state index contributed by atoms with van der Waals surface area (Å²) in [6.45, 7) is 0. The normalized spacial score (nSPS) is 16.7. The molecule has 0 fully saturated rings. The van der Waals surface area contributed by atoms with Gasteiger partial charge in [0.05, 0.1) is 16.8 Å². The van der Waals surface area contributed by atoms with Crippen molar-refractivity contribution >= 4 is 29.4 Å². The second kappa shape index (κ2) is 4.10. The molecule has 0 aliphatic carbocycles. The van der Waals surface area contributed by atoms with Gasteiger partial charge in [-0.15, -0.1) is 0 Å². The van der Waals surface area contributed by atoms with Crippen LogP contribution in [-0.2, 0) is 4.79 Å². The third-order valence-electron chi connectivity index (χ3n) is 2.40. The third kappa shape index (κ3) is 1.97. The fourth-order valence-electron chi connectivity index (χ4n) is 1.59. The second-order valence-electron chi connectivity index (χ2n) is 3.59. The topological polar surface area (TPSA) is 57.8 Å². The van der Waals surface area contributed by atoms with E-state index in [0.717, 1.165) is 16.1 Å². The Bertz CT molecular complexity index is 590. The van der Waals surface area contributed by atoms with Crippen LogP contribution in [0.15, 0.2) is 46.5 Å². The number of nitrogens with one attached hydrogen (secondary N) is 2. The van der Waals surface area contributed by atoms with Crippen molar-refractivity contribution in [3.63, 3.8) is 0 Å². The monoisotopic (exact) mass is 243 g/mol. The Hall–Kier alpha value is -2.01. The summed E-state index contributed by atoms with van der Waals surface area (Å²) < 4.78 is 0. The number of hydrogen-bond acceptors (Lipinski definition) is 3. The first-order valence-electron chi connectivity index (χ1n) is 5.11. The van der Waals surface area contributed by atoms with Crippen LogP contribution in [0, 0.1) is 0 Å². The minimum atomic E-state index is -0.0742. The number of nitrogens with zero attached hydrogens (tertiary/aromatic N) is 1. The van der Waals surface area contributed by atoms with Gasteiger partial charge < -0.3 is 5.32 Å². The number of hydrogen-bond donors (Lipinski definition) is 2. The van der Waals surface area contributed by atoms with Crippen molar-refractivity contribution in [2.45, 2.75) is 4.90 Å². The van der Waals surface area contributed by atoms with Crippen LogP contribution < -0.4 is 5.32 Å². The molecule has 2 heterocycles. The van der Waals surface area contributed by atoms with Gasteiger partial charge >= 0.3 is 0 Å². The van der Waals surface area contributed by atoms with Gasteiger partial charge in [0.1, 0.15) is 0 Å². The highest BCUT2D eigenvalue weighted by Gasteiger charge is 2.20. The number of aromatic nitrogens is 2. The van der Waals surface area contributed by atoms with Gasteiger partial charge in [-0.25, -0.2) is 0 Å². The number of amides is 1. The zero-order valence-corrected chi connectivity index (χ0v) is 9.62. The highest BCUT2D eigenvalue weighted by Crippen LogP contribution is 2.38. The molecule has 2 N–H and O–H groups in total. The zero-order chi connectivity index (χ0) is 11.7. The molecule has 0 unspecified atom stereocenters. The number of para-hydroxylation sites is 1. The number of carbonyl (C=O) groups excluding carboxylic acids is 1. The number of H-pyrrole nitrogens is 1. The molecular formula is C12H9N3OS. The molecule has 0 bridgehead atoms. The number of benzene rings is 1. The minimum absolute atomic E-state index is 0.0742. The molecule has 1 amide bonds. The molecule has 1 aliphatic rings. The lowest BCUT2D eigenvalue weighted by Gasteiger charge is -2.17. The SMILES string of the molecule is O=C1Nc2ccccc2S/C1=C/c1cn[nH]c1. The van der Waals surface area contributed by atoms with E-state index in [0.29, 0.717) is 4.91 Å². The lowest BCUT2D eigenvalue weighted by molar-refractivity contribution is -0.112. The van der Waals surface area contributed by atoms with Gasteiger partial charge in [-0.3, -0.25) is 9.89 Å². The first kappa shape index (κ1) is 10.2. The minimum Gasteiger partial charge on any atom is -0.320 e. The molecule has 0 saturated heterocycles. The van der Waals surface area contributed by atoms with Crippen molar-refractivity contribution in [3.05, 3.63) is 47.1 Å². The highest BCUT2D eigenvalue weighted by atomic mass is 32.2. The summed E-state index contributed by atoms with van der Waals surface area (Å²) in [4.78, 5) is 13.6. The molecule has 0 radical (unpaired) electrons. The molecule has 5 heteroatoms. The van der Waals surface area contributed by atoms with Crippen molar-refractivity contribution in [1.29, 1.82) is 0 Å². The van der Waals surface area contributed by atoms with Crippen molar-refractivity contribution < 1.29 is 4.79 Å². The first-order valence-corrected chi connectivity index (χ1v) is 5.93. The largest absolute Gasteiger partial charge is 0.320 e. The van der Waals surface area contributed by atoms with Gasteiger partial charge in [-0.1, -0.05) is 23.9 Å². The summed E-state index contributed by atoms with van der Waals surface area (Å²) in [5.74, 6) is -0.0742. The number of carbonyl (C=O) groups is 1. The van der Waals surface area contributed by atoms with Crippen LogP contribution in [0.3, 0.4) is 0 Å². The molecule has 2 aromatic rings. The Morgan fingerprint density at radius 1 is 1.29 bits per heavy atom. The lowest BCUT2D eigenvalue weighted by atomic mass is 10.3. The number of fused-ring (bicyclic) bond motifs is 1. The first-order chi connectivity index (χ1) is 8.33. The highest BCUT2D eigenvalue weighted by molar-refractivity contribution is 8.04. The zero-order valence-electron chi connectivity index (χ0n) is 8.81. The van der Waals surface area contributed by atoms with E-state index in [1.807, 2.05) is 30.3 Å². The summed E-state index contributed by atoms with van der Waals surface area (Å²) in [7, 11) is 0. The van der Waals surface area contributed by atoms with Crippen LogP contribution in [-0.4, -0.2) is 16.1 Å². The van der Waals surface area contributed by atoms with Gasteiger partial charge in [-0.05, 0) is 18.2 Å².